The van der Waals surface area contributed by atoms with Crippen molar-refractivity contribution in [3.05, 3.63) is 82.9 Å². The summed E-state index contributed by atoms with van der Waals surface area (Å²) >= 11 is 0. The van der Waals surface area contributed by atoms with Gasteiger partial charge in [-0.15, -0.1) is 0 Å². The summed E-state index contributed by atoms with van der Waals surface area (Å²) in [5.74, 6) is 2.98. The van der Waals surface area contributed by atoms with Crippen molar-refractivity contribution in [3.8, 4) is 0 Å². The summed E-state index contributed by atoms with van der Waals surface area (Å²) in [5.41, 5.74) is 6.06. The average Bonchev–Trinajstić information content (AvgIpc) is 2.86. The largest absolute Gasteiger partial charge is 0.0804 e. The summed E-state index contributed by atoms with van der Waals surface area (Å²) in [4.78, 5) is 0. The van der Waals surface area contributed by atoms with Crippen molar-refractivity contribution < 1.29 is 0 Å². The van der Waals surface area contributed by atoms with Gasteiger partial charge >= 0.3 is 0 Å². The summed E-state index contributed by atoms with van der Waals surface area (Å²) in [7, 11) is 0. The van der Waals surface area contributed by atoms with E-state index >= 15 is 0 Å². The first kappa shape index (κ1) is 23.3. The fourth-order valence-electron chi connectivity index (χ4n) is 6.08. The summed E-state index contributed by atoms with van der Waals surface area (Å²) in [6.45, 7) is 4.57. The van der Waals surface area contributed by atoms with Gasteiger partial charge in [0.1, 0.15) is 0 Å². The number of hydrogen-bond donors (Lipinski definition) is 0. The van der Waals surface area contributed by atoms with Crippen molar-refractivity contribution in [1.82, 2.24) is 0 Å². The first-order chi connectivity index (χ1) is 15.8. The first-order valence-corrected chi connectivity index (χ1v) is 13.6. The molecule has 2 atom stereocenters. The minimum absolute atomic E-state index is 0.591. The van der Waals surface area contributed by atoms with E-state index in [9.17, 15) is 0 Å². The number of rotatable bonds is 9. The van der Waals surface area contributed by atoms with Crippen LogP contribution in [0, 0.1) is 5.92 Å². The van der Waals surface area contributed by atoms with Gasteiger partial charge in [0.25, 0.3) is 0 Å². The Morgan fingerprint density at radius 1 is 0.594 bits per heavy atom. The van der Waals surface area contributed by atoms with Crippen LogP contribution in [0.5, 0.6) is 0 Å². The lowest BCUT2D eigenvalue weighted by Gasteiger charge is -2.29. The van der Waals surface area contributed by atoms with Gasteiger partial charge in [-0.25, -0.2) is 0 Å². The van der Waals surface area contributed by atoms with E-state index in [1.807, 2.05) is 0 Å². The SMILES string of the molecule is CCCCCC1CCC(c2ccc(C3C=CC(c4ccc(CCC)cc4)CC3)cc2)CC1. The lowest BCUT2D eigenvalue weighted by molar-refractivity contribution is 0.303. The molecule has 2 aromatic rings. The van der Waals surface area contributed by atoms with E-state index in [0.29, 0.717) is 11.8 Å². The van der Waals surface area contributed by atoms with Gasteiger partial charge in [-0.3, -0.25) is 0 Å². The maximum absolute atomic E-state index is 2.48. The number of aryl methyl sites for hydroxylation is 1. The van der Waals surface area contributed by atoms with Gasteiger partial charge in [0, 0.05) is 11.8 Å². The smallest absolute Gasteiger partial charge is 0.00185 e. The first-order valence-electron chi connectivity index (χ1n) is 13.6. The van der Waals surface area contributed by atoms with Crippen LogP contribution in [-0.2, 0) is 6.42 Å². The van der Waals surface area contributed by atoms with Crippen LogP contribution in [-0.4, -0.2) is 0 Å². The molecule has 2 unspecified atom stereocenters. The second-order valence-electron chi connectivity index (χ2n) is 10.5. The molecule has 0 saturated heterocycles. The Morgan fingerprint density at radius 3 is 1.69 bits per heavy atom. The molecule has 0 bridgehead atoms. The highest BCUT2D eigenvalue weighted by Gasteiger charge is 2.23. The molecule has 0 aliphatic heterocycles. The van der Waals surface area contributed by atoms with E-state index in [4.69, 9.17) is 0 Å². The standard InChI is InChI=1S/C32H44/c1-3-5-6-8-26-11-15-28(16-12-26)30-19-23-32(24-20-30)31-21-17-29(18-22-31)27-13-9-25(7-4-2)10-14-27/h9-10,13-14,17,19-21,23-24,26,28-29,31H,3-8,11-12,15-16,18,22H2,1-2H3. The molecule has 2 aromatic carbocycles. The van der Waals surface area contributed by atoms with Crippen LogP contribution in [0.25, 0.3) is 0 Å². The highest BCUT2D eigenvalue weighted by molar-refractivity contribution is 5.34. The number of allylic oxidation sites excluding steroid dienone is 2. The molecular weight excluding hydrogens is 384 g/mol. The third kappa shape index (κ3) is 6.15. The summed E-state index contributed by atoms with van der Waals surface area (Å²) < 4.78 is 0. The van der Waals surface area contributed by atoms with Crippen LogP contribution in [0.15, 0.2) is 60.7 Å². The molecular formula is C32H44. The van der Waals surface area contributed by atoms with Gasteiger partial charge in [0.2, 0.25) is 0 Å². The van der Waals surface area contributed by atoms with Crippen LogP contribution >= 0.6 is 0 Å². The molecule has 0 aromatic heterocycles. The maximum Gasteiger partial charge on any atom is 0.00185 e. The summed E-state index contributed by atoms with van der Waals surface area (Å²) in [6.07, 6.45) is 21.3. The highest BCUT2D eigenvalue weighted by Crippen LogP contribution is 2.39. The molecule has 0 heterocycles. The maximum atomic E-state index is 2.48. The summed E-state index contributed by atoms with van der Waals surface area (Å²) in [5, 5.41) is 0. The fourth-order valence-corrected chi connectivity index (χ4v) is 6.08. The third-order valence-corrected chi connectivity index (χ3v) is 8.21. The molecule has 0 heteroatoms. The molecule has 2 aliphatic rings. The van der Waals surface area contributed by atoms with Crippen molar-refractivity contribution in [2.75, 3.05) is 0 Å². The topological polar surface area (TPSA) is 0 Å². The van der Waals surface area contributed by atoms with E-state index in [-0.39, 0.29) is 0 Å². The van der Waals surface area contributed by atoms with Gasteiger partial charge in [0.05, 0.1) is 0 Å². The Bertz CT molecular complexity index is 817. The second-order valence-corrected chi connectivity index (χ2v) is 10.5. The molecule has 32 heavy (non-hydrogen) atoms. The summed E-state index contributed by atoms with van der Waals surface area (Å²) in [6, 6.07) is 19.1. The third-order valence-electron chi connectivity index (χ3n) is 8.21. The monoisotopic (exact) mass is 428 g/mol. The molecule has 4 rings (SSSR count). The Kier molecular flexibility index (Phi) is 8.66. The molecule has 172 valence electrons. The molecule has 0 nitrogen and oxygen atoms in total. The van der Waals surface area contributed by atoms with E-state index in [1.165, 1.54) is 93.7 Å². The predicted molar refractivity (Wildman–Crippen MR) is 140 cm³/mol. The number of unbranched alkanes of at least 4 members (excludes halogenated alkanes) is 2. The highest BCUT2D eigenvalue weighted by atomic mass is 14.3. The van der Waals surface area contributed by atoms with E-state index < -0.39 is 0 Å². The van der Waals surface area contributed by atoms with Crippen LogP contribution in [0.4, 0.5) is 0 Å². The van der Waals surface area contributed by atoms with Crippen LogP contribution in [0.2, 0.25) is 0 Å². The normalized spacial score (nSPS) is 25.7. The van der Waals surface area contributed by atoms with Crippen molar-refractivity contribution in [2.24, 2.45) is 5.92 Å². The van der Waals surface area contributed by atoms with E-state index in [1.54, 1.807) is 5.56 Å². The van der Waals surface area contributed by atoms with Crippen LogP contribution in [0.1, 0.15) is 124 Å². The predicted octanol–water partition coefficient (Wildman–Crippen LogP) is 9.71. The lowest BCUT2D eigenvalue weighted by atomic mass is 9.76. The minimum Gasteiger partial charge on any atom is -0.0804 e. The lowest BCUT2D eigenvalue weighted by Crippen LogP contribution is -2.13. The van der Waals surface area contributed by atoms with Crippen molar-refractivity contribution in [2.45, 2.75) is 109 Å². The van der Waals surface area contributed by atoms with Gasteiger partial charge in [0.15, 0.2) is 0 Å². The molecule has 1 saturated carbocycles. The quantitative estimate of drug-likeness (QED) is 0.275. The zero-order valence-electron chi connectivity index (χ0n) is 20.6. The fraction of sp³-hybridized carbons (Fsp3) is 0.562. The van der Waals surface area contributed by atoms with Crippen molar-refractivity contribution in [1.29, 1.82) is 0 Å². The average molecular weight is 429 g/mol. The molecule has 0 spiro atoms. The number of hydrogen-bond acceptors (Lipinski definition) is 0. The van der Waals surface area contributed by atoms with Crippen molar-refractivity contribution >= 4 is 0 Å². The van der Waals surface area contributed by atoms with Gasteiger partial charge in [-0.05, 0) is 79.0 Å². The van der Waals surface area contributed by atoms with Gasteiger partial charge in [-0.1, -0.05) is 107 Å². The molecule has 0 radical (unpaired) electrons. The number of benzene rings is 2. The van der Waals surface area contributed by atoms with Crippen LogP contribution < -0.4 is 0 Å². The van der Waals surface area contributed by atoms with E-state index in [0.717, 1.165) is 11.8 Å². The Balaban J connectivity index is 1.29. The second kappa shape index (κ2) is 11.9. The Morgan fingerprint density at radius 2 is 1.16 bits per heavy atom. The van der Waals surface area contributed by atoms with Crippen LogP contribution in [0.3, 0.4) is 0 Å². The Hall–Kier alpha value is -1.82. The van der Waals surface area contributed by atoms with Gasteiger partial charge < -0.3 is 0 Å². The Labute approximate surface area is 197 Å². The molecule has 0 amide bonds. The van der Waals surface area contributed by atoms with Crippen molar-refractivity contribution in [3.63, 3.8) is 0 Å². The molecule has 0 N–H and O–H groups in total. The van der Waals surface area contributed by atoms with E-state index in [2.05, 4.69) is 74.5 Å². The molecule has 2 aliphatic carbocycles. The molecule has 1 fully saturated rings. The minimum atomic E-state index is 0.591. The zero-order valence-corrected chi connectivity index (χ0v) is 20.6. The zero-order chi connectivity index (χ0) is 22.2. The van der Waals surface area contributed by atoms with Gasteiger partial charge in [-0.2, -0.15) is 0 Å².